The maximum absolute atomic E-state index is 14.4. The van der Waals surface area contributed by atoms with Gasteiger partial charge in [0, 0.05) is 48.8 Å². The van der Waals surface area contributed by atoms with Crippen molar-refractivity contribution in [2.24, 2.45) is 66.6 Å². The fourth-order valence-electron chi connectivity index (χ4n) is 8.45. The van der Waals surface area contributed by atoms with E-state index in [0.717, 1.165) is 0 Å². The van der Waals surface area contributed by atoms with Crippen LogP contribution in [0, 0.1) is 0 Å². The van der Waals surface area contributed by atoms with E-state index in [2.05, 4.69) is 57.5 Å². The molecule has 4 rings (SSSR count). The Hall–Kier alpha value is -11.1. The molecule has 33 heteroatoms. The summed E-state index contributed by atoms with van der Waals surface area (Å²) >= 11 is 0. The van der Waals surface area contributed by atoms with Gasteiger partial charge in [0.15, 0.2) is 17.9 Å². The van der Waals surface area contributed by atoms with E-state index in [4.69, 9.17) is 70.6 Å². The molecule has 0 bridgehead atoms. The average Bonchev–Trinajstić information content (AvgIpc) is 2.13. The first-order chi connectivity index (χ1) is 42.4. The van der Waals surface area contributed by atoms with Gasteiger partial charge in [-0.25, -0.2) is 4.79 Å². The number of nitrogens with zero attached hydrogens (tertiary/aromatic N) is 3. The van der Waals surface area contributed by atoms with Gasteiger partial charge in [0.2, 0.25) is 29.5 Å². The van der Waals surface area contributed by atoms with E-state index in [1.807, 2.05) is 0 Å². The Bertz CT molecular complexity index is 3270. The summed E-state index contributed by atoms with van der Waals surface area (Å²) in [6.45, 7) is 0.424. The van der Waals surface area contributed by atoms with Crippen molar-refractivity contribution in [1.82, 2.24) is 21.3 Å². The molecule has 4 aromatic rings. The van der Waals surface area contributed by atoms with Crippen LogP contribution in [0.3, 0.4) is 0 Å². The average molecular weight is 1240 g/mol. The predicted octanol–water partition coefficient (Wildman–Crippen LogP) is -1.09. The number of amides is 10. The molecular weight excluding hydrogens is 1160 g/mol. The molecule has 26 N–H and O–H groups in total. The molecule has 0 saturated heterocycles. The van der Waals surface area contributed by atoms with Crippen molar-refractivity contribution < 1.29 is 62.1 Å². The van der Waals surface area contributed by atoms with Gasteiger partial charge in [0.25, 0.3) is 17.7 Å². The maximum atomic E-state index is 14.4. The number of nitrogens with one attached hydrogen (secondary N) is 8. The summed E-state index contributed by atoms with van der Waals surface area (Å²) in [5, 5.41) is 21.3. The number of hydrogen-bond donors (Lipinski definition) is 17. The van der Waals surface area contributed by atoms with Gasteiger partial charge in [-0.05, 0) is 124 Å². The summed E-state index contributed by atoms with van der Waals surface area (Å²) in [4.78, 5) is 133. The summed E-state index contributed by atoms with van der Waals surface area (Å²) in [6.07, 6.45) is 1.06. The highest BCUT2D eigenvalue weighted by Gasteiger charge is 2.29. The van der Waals surface area contributed by atoms with E-state index in [0.29, 0.717) is 6.42 Å². The summed E-state index contributed by atoms with van der Waals surface area (Å²) < 4.78 is 21.8. The third-order valence-corrected chi connectivity index (χ3v) is 12.9. The Morgan fingerprint density at radius 2 is 0.775 bits per heavy atom. The molecule has 0 spiro atoms. The van der Waals surface area contributed by atoms with Crippen LogP contribution in [-0.4, -0.2) is 150 Å². The van der Waals surface area contributed by atoms with E-state index in [1.54, 1.807) is 0 Å². The van der Waals surface area contributed by atoms with E-state index in [9.17, 15) is 43.2 Å². The third kappa shape index (κ3) is 23.0. The standard InChI is InChI=1S/C56H78N20O13/c1-86-41-18-14-30(70-49(81)36(57)9-5-24-69-56(65)85)26-33(41)46(78)73-37(10-6-21-66-53(59)60)50(82)71-31-15-19-42(87-2)34(27-31)47(79)74-38(11-7-22-67-54(61)62)51(83)72-32-16-20-43(88-3)35(28-32)48(80)75-39(12-8-23-68-55(63)64)52(84)76-40-25-29(45(58)77)13-17-44(40)89-4/h13-20,25-28,36-39H,5-12,21-24,57H2,1-4H3,(H2,58,77)(H,70,81)(H,71,82)(H,72,83)(H,73,78)(H,74,79)(H,75,80)(H,76,84)(H4,59,60,66)(H4,61,62,67)(H4,63,64,68)(H3,65,69,85)/t36-,37-,38-,39-/m1/s1. The van der Waals surface area contributed by atoms with Crippen LogP contribution in [0.1, 0.15) is 92.8 Å². The first-order valence-corrected chi connectivity index (χ1v) is 27.5. The van der Waals surface area contributed by atoms with Crippen molar-refractivity contribution in [2.45, 2.75) is 75.5 Å². The van der Waals surface area contributed by atoms with Gasteiger partial charge in [0.1, 0.15) is 41.1 Å². The fourth-order valence-corrected chi connectivity index (χ4v) is 8.45. The second-order valence-electron chi connectivity index (χ2n) is 19.4. The number of hydrogen-bond acceptors (Lipinski definition) is 17. The molecule has 0 aliphatic carbocycles. The summed E-state index contributed by atoms with van der Waals surface area (Å²) in [5.41, 5.74) is 49.9. The van der Waals surface area contributed by atoms with Crippen molar-refractivity contribution in [3.63, 3.8) is 0 Å². The highest BCUT2D eigenvalue weighted by atomic mass is 16.5. The number of nitrogens with two attached hydrogens (primary N) is 9. The van der Waals surface area contributed by atoms with Crippen LogP contribution < -0.4 is 113 Å². The van der Waals surface area contributed by atoms with Gasteiger partial charge >= 0.3 is 6.03 Å². The van der Waals surface area contributed by atoms with Crippen molar-refractivity contribution in [2.75, 3.05) is 75.9 Å². The zero-order valence-corrected chi connectivity index (χ0v) is 49.6. The normalized spacial score (nSPS) is 11.9. The second-order valence-corrected chi connectivity index (χ2v) is 19.4. The molecule has 0 unspecified atom stereocenters. The number of carbonyl (C=O) groups is 9. The minimum atomic E-state index is -1.33. The molecule has 480 valence electrons. The lowest BCUT2D eigenvalue weighted by Crippen LogP contribution is -2.44. The Labute approximate surface area is 511 Å². The van der Waals surface area contributed by atoms with E-state index in [-0.39, 0.29) is 157 Å². The lowest BCUT2D eigenvalue weighted by molar-refractivity contribution is -0.118. The molecule has 0 fully saturated rings. The number of rotatable bonds is 35. The zero-order chi connectivity index (χ0) is 65.7. The Morgan fingerprint density at radius 1 is 0.427 bits per heavy atom. The number of methoxy groups -OCH3 is 4. The highest BCUT2D eigenvalue weighted by Crippen LogP contribution is 2.29. The lowest BCUT2D eigenvalue weighted by Gasteiger charge is -2.22. The number of ether oxygens (including phenoxy) is 4. The Balaban J connectivity index is 1.61. The van der Waals surface area contributed by atoms with Gasteiger partial charge < -0.3 is 113 Å². The first kappa shape index (κ1) is 70.4. The lowest BCUT2D eigenvalue weighted by atomic mass is 10.1. The van der Waals surface area contributed by atoms with Gasteiger partial charge in [-0.1, -0.05) is 0 Å². The first-order valence-electron chi connectivity index (χ1n) is 27.5. The molecular formula is C56H78N20O13. The molecule has 89 heavy (non-hydrogen) atoms. The van der Waals surface area contributed by atoms with E-state index in [1.165, 1.54) is 101 Å². The number of carbonyl (C=O) groups excluding carboxylic acids is 9. The zero-order valence-electron chi connectivity index (χ0n) is 49.6. The molecule has 4 aromatic carbocycles. The molecule has 10 amide bonds. The number of benzene rings is 4. The van der Waals surface area contributed by atoms with E-state index < -0.39 is 77.5 Å². The molecule has 0 aromatic heterocycles. The minimum absolute atomic E-state index is 0.00353. The quantitative estimate of drug-likeness (QED) is 0.0148. The van der Waals surface area contributed by atoms with Crippen LogP contribution in [-0.2, 0) is 19.2 Å². The van der Waals surface area contributed by atoms with Crippen molar-refractivity contribution >= 4 is 93.9 Å². The number of anilines is 4. The van der Waals surface area contributed by atoms with Gasteiger partial charge in [-0.3, -0.25) is 53.3 Å². The Kier molecular flexibility index (Phi) is 28.0. The maximum Gasteiger partial charge on any atom is 0.312 e. The topological polar surface area (TPSA) is 558 Å². The van der Waals surface area contributed by atoms with Crippen molar-refractivity contribution in [3.05, 3.63) is 95.1 Å². The number of primary amides is 2. The minimum Gasteiger partial charge on any atom is -0.496 e. The molecule has 33 nitrogen and oxygen atoms in total. The van der Waals surface area contributed by atoms with Gasteiger partial charge in [-0.15, -0.1) is 0 Å². The molecule has 0 saturated carbocycles. The van der Waals surface area contributed by atoms with Crippen LogP contribution in [0.25, 0.3) is 0 Å². The van der Waals surface area contributed by atoms with Crippen molar-refractivity contribution in [3.8, 4) is 23.0 Å². The predicted molar refractivity (Wildman–Crippen MR) is 333 cm³/mol. The molecule has 0 aliphatic rings. The fraction of sp³-hybridized carbons (Fsp3) is 0.357. The smallest absolute Gasteiger partial charge is 0.312 e. The number of aliphatic imine (C=N–C) groups is 3. The van der Waals surface area contributed by atoms with Crippen LogP contribution in [0.4, 0.5) is 27.5 Å². The van der Waals surface area contributed by atoms with Gasteiger partial charge in [-0.2, -0.15) is 0 Å². The number of urea groups is 1. The van der Waals surface area contributed by atoms with Crippen LogP contribution in [0.5, 0.6) is 23.0 Å². The number of guanidine groups is 3. The molecule has 4 atom stereocenters. The second kappa shape index (κ2) is 35.4. The Morgan fingerprint density at radius 3 is 1.11 bits per heavy atom. The monoisotopic (exact) mass is 1240 g/mol. The highest BCUT2D eigenvalue weighted by molar-refractivity contribution is 6.08. The largest absolute Gasteiger partial charge is 0.496 e. The molecule has 0 heterocycles. The molecule has 0 aliphatic heterocycles. The van der Waals surface area contributed by atoms with E-state index >= 15 is 0 Å². The van der Waals surface area contributed by atoms with Gasteiger partial charge in [0.05, 0.1) is 56.9 Å². The van der Waals surface area contributed by atoms with Crippen LogP contribution in [0.2, 0.25) is 0 Å². The van der Waals surface area contributed by atoms with Crippen LogP contribution >= 0.6 is 0 Å². The summed E-state index contributed by atoms with van der Waals surface area (Å²) in [5.74, 6) is -6.33. The van der Waals surface area contributed by atoms with Crippen molar-refractivity contribution in [1.29, 1.82) is 0 Å². The summed E-state index contributed by atoms with van der Waals surface area (Å²) in [6, 6.07) is 11.0. The third-order valence-electron chi connectivity index (χ3n) is 12.9. The molecule has 0 radical (unpaired) electrons. The summed E-state index contributed by atoms with van der Waals surface area (Å²) in [7, 11) is 5.26. The van der Waals surface area contributed by atoms with Crippen LogP contribution in [0.15, 0.2) is 87.8 Å². The SMILES string of the molecule is COc1ccc(C(N)=O)cc1NC(=O)[C@@H](CCCN=C(N)N)NC(=O)c1cc(NC(=O)[C@@H](CCCN=C(N)N)NC(=O)c2cc(NC(=O)[C@@H](CCCN=C(N)N)NC(=O)c3cc(NC(=O)[C@H](N)CCCNC(N)=O)ccc3OC)ccc2OC)ccc1OC.